The lowest BCUT2D eigenvalue weighted by molar-refractivity contribution is 0.0551. The highest BCUT2D eigenvalue weighted by atomic mass is 19.1. The number of fused-ring (bicyclic) bond motifs is 1. The van der Waals surface area contributed by atoms with Gasteiger partial charge in [0.15, 0.2) is 5.58 Å². The first kappa shape index (κ1) is 22.6. The van der Waals surface area contributed by atoms with Gasteiger partial charge in [0.05, 0.1) is 0 Å². The summed E-state index contributed by atoms with van der Waals surface area (Å²) < 4.78 is 24.6. The molecule has 176 valence electrons. The van der Waals surface area contributed by atoms with Crippen LogP contribution in [0.1, 0.15) is 18.4 Å². The maximum Gasteiger partial charge on any atom is 0.170 e. The number of β-amino-alcohol motifs (C(OH)–C–C–N with tert-alkyl or cyclic N) is 1. The minimum atomic E-state index is -0.565. The van der Waals surface area contributed by atoms with Crippen LogP contribution in [0.4, 0.5) is 4.39 Å². The van der Waals surface area contributed by atoms with E-state index in [4.69, 9.17) is 9.26 Å². The van der Waals surface area contributed by atoms with Crippen molar-refractivity contribution in [2.24, 2.45) is 5.92 Å². The Balaban J connectivity index is 1.12. The molecule has 1 aliphatic rings. The van der Waals surface area contributed by atoms with Gasteiger partial charge in [-0.3, -0.25) is 0 Å². The summed E-state index contributed by atoms with van der Waals surface area (Å²) in [5, 5.41) is 15.4. The van der Waals surface area contributed by atoms with Gasteiger partial charge in [-0.2, -0.15) is 0 Å². The summed E-state index contributed by atoms with van der Waals surface area (Å²) in [7, 11) is 0. The lowest BCUT2D eigenvalue weighted by Gasteiger charge is -2.33. The van der Waals surface area contributed by atoms with Crippen molar-refractivity contribution >= 4 is 11.0 Å². The number of aliphatic hydroxyl groups excluding tert-OH is 1. The standard InChI is InChI=1S/C28H29FN2O3/c29-23-9-10-26-27(17-23)34-30-28(26)22-7-4-8-25(16-22)33-19-24(32)18-31-13-11-21(12-14-31)15-20-5-2-1-3-6-20/h1-10,16-17,21,24,32H,11-15,18-19H2/t24-/m1/s1. The molecule has 1 atom stereocenters. The normalized spacial score (nSPS) is 16.1. The molecular formula is C28H29FN2O3. The average molecular weight is 461 g/mol. The Morgan fingerprint density at radius 1 is 1.03 bits per heavy atom. The first-order valence-corrected chi connectivity index (χ1v) is 11.9. The molecule has 0 spiro atoms. The van der Waals surface area contributed by atoms with E-state index in [1.54, 1.807) is 6.07 Å². The number of aromatic nitrogens is 1. The number of nitrogens with zero attached hydrogens (tertiary/aromatic N) is 2. The number of likely N-dealkylation sites (tertiary alicyclic amines) is 1. The molecule has 0 saturated carbocycles. The van der Waals surface area contributed by atoms with Crippen molar-refractivity contribution in [3.05, 3.63) is 84.2 Å². The predicted molar refractivity (Wildman–Crippen MR) is 130 cm³/mol. The molecule has 1 saturated heterocycles. The minimum Gasteiger partial charge on any atom is -0.491 e. The molecule has 0 aliphatic carbocycles. The first-order chi connectivity index (χ1) is 16.6. The molecule has 4 aromatic rings. The molecule has 5 rings (SSSR count). The number of hydrogen-bond acceptors (Lipinski definition) is 5. The third-order valence-electron chi connectivity index (χ3n) is 6.53. The molecule has 1 fully saturated rings. The number of benzene rings is 3. The van der Waals surface area contributed by atoms with Crippen LogP contribution in [0.3, 0.4) is 0 Å². The summed E-state index contributed by atoms with van der Waals surface area (Å²) >= 11 is 0. The van der Waals surface area contributed by atoms with Crippen LogP contribution < -0.4 is 4.74 Å². The van der Waals surface area contributed by atoms with E-state index < -0.39 is 6.10 Å². The summed E-state index contributed by atoms with van der Waals surface area (Å²) in [6.07, 6.45) is 2.87. The summed E-state index contributed by atoms with van der Waals surface area (Å²) in [6.45, 7) is 2.84. The fraction of sp³-hybridized carbons (Fsp3) is 0.321. The molecular weight excluding hydrogens is 431 g/mol. The Kier molecular flexibility index (Phi) is 6.88. The highest BCUT2D eigenvalue weighted by molar-refractivity contribution is 5.91. The zero-order valence-electron chi connectivity index (χ0n) is 19.1. The van der Waals surface area contributed by atoms with Crippen molar-refractivity contribution in [2.45, 2.75) is 25.4 Å². The average Bonchev–Trinajstić information content (AvgIpc) is 3.28. The molecule has 2 heterocycles. The largest absolute Gasteiger partial charge is 0.491 e. The molecule has 1 aliphatic heterocycles. The van der Waals surface area contributed by atoms with E-state index in [2.05, 4.69) is 40.4 Å². The third kappa shape index (κ3) is 5.46. The van der Waals surface area contributed by atoms with Crippen molar-refractivity contribution in [3.8, 4) is 17.0 Å². The molecule has 3 aromatic carbocycles. The second kappa shape index (κ2) is 10.4. The van der Waals surface area contributed by atoms with E-state index in [1.165, 1.54) is 17.7 Å². The van der Waals surface area contributed by atoms with Gasteiger partial charge in [-0.25, -0.2) is 4.39 Å². The molecule has 6 heteroatoms. The van der Waals surface area contributed by atoms with Crippen LogP contribution in [0.25, 0.3) is 22.2 Å². The SMILES string of the molecule is O[C@@H](COc1cccc(-c2noc3cc(F)ccc23)c1)CN1CCC(Cc2ccccc2)CC1. The van der Waals surface area contributed by atoms with Gasteiger partial charge < -0.3 is 19.3 Å². The van der Waals surface area contributed by atoms with E-state index in [1.807, 2.05) is 24.3 Å². The number of hydrogen-bond donors (Lipinski definition) is 1. The summed E-state index contributed by atoms with van der Waals surface area (Å²) in [4.78, 5) is 2.33. The number of ether oxygens (including phenoxy) is 1. The number of halogens is 1. The summed E-state index contributed by atoms with van der Waals surface area (Å²) in [6, 6.07) is 22.5. The fourth-order valence-electron chi connectivity index (χ4n) is 4.72. The van der Waals surface area contributed by atoms with E-state index in [9.17, 15) is 9.50 Å². The van der Waals surface area contributed by atoms with Crippen LogP contribution >= 0.6 is 0 Å². The zero-order valence-corrected chi connectivity index (χ0v) is 19.1. The lowest BCUT2D eigenvalue weighted by atomic mass is 9.90. The third-order valence-corrected chi connectivity index (χ3v) is 6.53. The van der Waals surface area contributed by atoms with Crippen LogP contribution in [0.15, 0.2) is 77.3 Å². The molecule has 1 N–H and O–H groups in total. The van der Waals surface area contributed by atoms with E-state index >= 15 is 0 Å². The Morgan fingerprint density at radius 3 is 2.68 bits per heavy atom. The van der Waals surface area contributed by atoms with E-state index in [0.717, 1.165) is 43.3 Å². The topological polar surface area (TPSA) is 58.7 Å². The van der Waals surface area contributed by atoms with E-state index in [-0.39, 0.29) is 12.4 Å². The Hall–Kier alpha value is -3.22. The Labute approximate surface area is 198 Å². The summed E-state index contributed by atoms with van der Waals surface area (Å²) in [5.41, 5.74) is 3.27. The zero-order chi connectivity index (χ0) is 23.3. The van der Waals surface area contributed by atoms with Crippen LogP contribution in [0.2, 0.25) is 0 Å². The van der Waals surface area contributed by atoms with Crippen molar-refractivity contribution in [3.63, 3.8) is 0 Å². The second-order valence-electron chi connectivity index (χ2n) is 9.10. The van der Waals surface area contributed by atoms with Gasteiger partial charge in [-0.05, 0) is 68.1 Å². The maximum absolute atomic E-state index is 13.4. The molecule has 5 nitrogen and oxygen atoms in total. The molecule has 0 amide bonds. The van der Waals surface area contributed by atoms with Crippen LogP contribution in [0.5, 0.6) is 5.75 Å². The highest BCUT2D eigenvalue weighted by Crippen LogP contribution is 2.30. The van der Waals surface area contributed by atoms with Crippen LogP contribution in [-0.4, -0.2) is 47.5 Å². The molecule has 34 heavy (non-hydrogen) atoms. The van der Waals surface area contributed by atoms with Gasteiger partial charge in [-0.15, -0.1) is 0 Å². The number of rotatable bonds is 8. The van der Waals surface area contributed by atoms with E-state index in [0.29, 0.717) is 29.5 Å². The number of aliphatic hydroxyl groups is 1. The Morgan fingerprint density at radius 2 is 1.85 bits per heavy atom. The minimum absolute atomic E-state index is 0.220. The molecule has 0 unspecified atom stereocenters. The number of piperidine rings is 1. The van der Waals surface area contributed by atoms with Gasteiger partial charge >= 0.3 is 0 Å². The van der Waals surface area contributed by atoms with Gasteiger partial charge in [0.25, 0.3) is 0 Å². The summed E-state index contributed by atoms with van der Waals surface area (Å²) in [5.74, 6) is 0.997. The first-order valence-electron chi connectivity index (χ1n) is 11.9. The molecule has 0 radical (unpaired) electrons. The van der Waals surface area contributed by atoms with Gasteiger partial charge in [0.1, 0.15) is 30.0 Å². The van der Waals surface area contributed by atoms with Crippen LogP contribution in [-0.2, 0) is 6.42 Å². The molecule has 1 aromatic heterocycles. The van der Waals surface area contributed by atoms with Crippen molar-refractivity contribution in [1.29, 1.82) is 0 Å². The predicted octanol–water partition coefficient (Wildman–Crippen LogP) is 5.33. The second-order valence-corrected chi connectivity index (χ2v) is 9.10. The highest BCUT2D eigenvalue weighted by Gasteiger charge is 2.21. The van der Waals surface area contributed by atoms with Crippen molar-refractivity contribution in [1.82, 2.24) is 10.1 Å². The molecule has 0 bridgehead atoms. The quantitative estimate of drug-likeness (QED) is 0.385. The van der Waals surface area contributed by atoms with Crippen molar-refractivity contribution < 1.29 is 18.8 Å². The Bertz CT molecular complexity index is 1220. The fourth-order valence-corrected chi connectivity index (χ4v) is 4.72. The smallest absolute Gasteiger partial charge is 0.170 e. The van der Waals surface area contributed by atoms with Crippen LogP contribution in [0, 0.1) is 11.7 Å². The monoisotopic (exact) mass is 460 g/mol. The lowest BCUT2D eigenvalue weighted by Crippen LogP contribution is -2.41. The maximum atomic E-state index is 13.4. The van der Waals surface area contributed by atoms with Gasteiger partial charge in [0, 0.05) is 23.6 Å². The van der Waals surface area contributed by atoms with Gasteiger partial charge in [0.2, 0.25) is 0 Å². The van der Waals surface area contributed by atoms with Crippen molar-refractivity contribution in [2.75, 3.05) is 26.2 Å². The van der Waals surface area contributed by atoms with Gasteiger partial charge in [-0.1, -0.05) is 47.6 Å².